The van der Waals surface area contributed by atoms with Crippen molar-refractivity contribution in [2.24, 2.45) is 0 Å². The standard InChI is InChI=1S/C6H6.C3H6O2.Hg/c1-2-4-6-5-3-1;1-2-3(4)5;/h1-6H;2H2,1H3,(H,4,5);. The van der Waals surface area contributed by atoms with Crippen LogP contribution in [0.15, 0.2) is 36.4 Å². The van der Waals surface area contributed by atoms with Crippen LogP contribution < -0.4 is 0 Å². The smallest absolute Gasteiger partial charge is 0.303 e. The number of aliphatic carboxylic acids is 1. The molecule has 62 valence electrons. The molecular weight excluding hydrogens is 341 g/mol. The molecule has 0 saturated carbocycles. The maximum atomic E-state index is 9.37. The molecule has 0 aliphatic rings. The van der Waals surface area contributed by atoms with Crippen molar-refractivity contribution in [3.8, 4) is 0 Å². The summed E-state index contributed by atoms with van der Waals surface area (Å²) in [5.41, 5.74) is 0. The Bertz CT molecular complexity index is 160. The van der Waals surface area contributed by atoms with Gasteiger partial charge < -0.3 is 5.11 Å². The van der Waals surface area contributed by atoms with Gasteiger partial charge in [-0.3, -0.25) is 4.79 Å². The molecule has 0 bridgehead atoms. The van der Waals surface area contributed by atoms with E-state index in [1.807, 2.05) is 36.4 Å². The van der Waals surface area contributed by atoms with Crippen molar-refractivity contribution in [2.45, 2.75) is 13.3 Å². The number of carbonyl (C=O) groups is 1. The van der Waals surface area contributed by atoms with Gasteiger partial charge in [-0.15, -0.1) is 0 Å². The van der Waals surface area contributed by atoms with Crippen molar-refractivity contribution in [3.05, 3.63) is 36.4 Å². The van der Waals surface area contributed by atoms with Crippen LogP contribution >= 0.6 is 0 Å². The van der Waals surface area contributed by atoms with Crippen LogP contribution in [0.25, 0.3) is 0 Å². The number of hydrogen-bond acceptors (Lipinski definition) is 1. The topological polar surface area (TPSA) is 37.3 Å². The summed E-state index contributed by atoms with van der Waals surface area (Å²) in [5, 5.41) is 7.72. The van der Waals surface area contributed by atoms with Gasteiger partial charge in [0, 0.05) is 34.1 Å². The van der Waals surface area contributed by atoms with Gasteiger partial charge in [-0.25, -0.2) is 0 Å². The quantitative estimate of drug-likeness (QED) is 0.787. The van der Waals surface area contributed by atoms with Crippen LogP contribution in [0.1, 0.15) is 13.3 Å². The van der Waals surface area contributed by atoms with Gasteiger partial charge in [0.1, 0.15) is 0 Å². The molecule has 1 N–H and O–H groups in total. The van der Waals surface area contributed by atoms with Crippen LogP contribution in [0, 0.1) is 0 Å². The maximum Gasteiger partial charge on any atom is 0.303 e. The first-order valence-electron chi connectivity index (χ1n) is 3.49. The van der Waals surface area contributed by atoms with E-state index in [1.165, 1.54) is 0 Å². The van der Waals surface area contributed by atoms with Crippen LogP contribution in [-0.2, 0) is 32.5 Å². The average molecular weight is 353 g/mol. The molecule has 3 heteroatoms. The second-order valence-electron chi connectivity index (χ2n) is 1.90. The summed E-state index contributed by atoms with van der Waals surface area (Å²) in [6, 6.07) is 12.0. The Hall–Kier alpha value is -0.375. The summed E-state index contributed by atoms with van der Waals surface area (Å²) >= 11 is 0. The third-order valence-electron chi connectivity index (χ3n) is 0.969. The molecule has 0 aliphatic carbocycles. The molecule has 0 aromatic heterocycles. The molecule has 0 saturated heterocycles. The molecule has 1 aromatic rings. The summed E-state index contributed by atoms with van der Waals surface area (Å²) in [6.45, 7) is 1.60. The number of rotatable bonds is 1. The monoisotopic (exact) mass is 354 g/mol. The molecule has 0 unspecified atom stereocenters. The third kappa shape index (κ3) is 12.3. The molecule has 1 rings (SSSR count). The van der Waals surface area contributed by atoms with Gasteiger partial charge in [0.15, 0.2) is 0 Å². The van der Waals surface area contributed by atoms with Gasteiger partial charge in [0.2, 0.25) is 0 Å². The molecule has 0 amide bonds. The van der Waals surface area contributed by atoms with E-state index in [9.17, 15) is 4.79 Å². The number of benzene rings is 1. The van der Waals surface area contributed by atoms with E-state index in [-0.39, 0.29) is 34.1 Å². The average Bonchev–Trinajstić information content (AvgIpc) is 2.09. The van der Waals surface area contributed by atoms with Gasteiger partial charge in [-0.05, 0) is 0 Å². The van der Waals surface area contributed by atoms with Crippen LogP contribution in [0.3, 0.4) is 0 Å². The van der Waals surface area contributed by atoms with Crippen LogP contribution in [0.2, 0.25) is 0 Å². The van der Waals surface area contributed by atoms with Gasteiger partial charge >= 0.3 is 5.97 Å². The van der Waals surface area contributed by atoms with Crippen LogP contribution in [-0.4, -0.2) is 11.1 Å². The predicted octanol–water partition coefficient (Wildman–Crippen LogP) is 2.17. The Labute approximate surface area is 93.1 Å². The zero-order chi connectivity index (χ0) is 8.53. The van der Waals surface area contributed by atoms with Crippen molar-refractivity contribution in [2.75, 3.05) is 0 Å². The van der Waals surface area contributed by atoms with Crippen LogP contribution in [0.5, 0.6) is 0 Å². The molecule has 0 spiro atoms. The maximum absolute atomic E-state index is 9.37. The summed E-state index contributed by atoms with van der Waals surface area (Å²) in [6.07, 6.45) is 0.222. The van der Waals surface area contributed by atoms with Crippen molar-refractivity contribution in [3.63, 3.8) is 0 Å². The molecule has 0 fully saturated rings. The Morgan fingerprint density at radius 3 is 1.33 bits per heavy atom. The second kappa shape index (κ2) is 10.6. The molecule has 2 nitrogen and oxygen atoms in total. The minimum Gasteiger partial charge on any atom is -0.481 e. The van der Waals surface area contributed by atoms with Crippen molar-refractivity contribution in [1.29, 1.82) is 0 Å². The molecule has 0 radical (unpaired) electrons. The number of carboxylic acids is 1. The zero-order valence-corrected chi connectivity index (χ0v) is 12.7. The second-order valence-corrected chi connectivity index (χ2v) is 1.90. The van der Waals surface area contributed by atoms with Gasteiger partial charge in [-0.2, -0.15) is 0 Å². The Morgan fingerprint density at radius 1 is 1.08 bits per heavy atom. The molecule has 12 heavy (non-hydrogen) atoms. The van der Waals surface area contributed by atoms with E-state index in [4.69, 9.17) is 5.11 Å². The summed E-state index contributed by atoms with van der Waals surface area (Å²) in [4.78, 5) is 9.37. The summed E-state index contributed by atoms with van der Waals surface area (Å²) in [5.74, 6) is -0.745. The van der Waals surface area contributed by atoms with Crippen molar-refractivity contribution >= 4 is 5.97 Å². The Balaban J connectivity index is 0. The molecule has 0 aliphatic heterocycles. The zero-order valence-electron chi connectivity index (χ0n) is 7.23. The largest absolute Gasteiger partial charge is 0.481 e. The molecule has 0 atom stereocenters. The Kier molecular flexibility index (Phi) is 12.5. The molecule has 1 aromatic carbocycles. The fourth-order valence-electron chi connectivity index (χ4n) is 0.385. The fraction of sp³-hybridized carbons (Fsp3) is 0.222. The van der Waals surface area contributed by atoms with E-state index in [1.54, 1.807) is 6.92 Å². The molecular formula is C9H12HgO2. The van der Waals surface area contributed by atoms with Crippen LogP contribution in [0.4, 0.5) is 0 Å². The van der Waals surface area contributed by atoms with E-state index in [2.05, 4.69) is 0 Å². The Morgan fingerprint density at radius 2 is 1.25 bits per heavy atom. The minimum absolute atomic E-state index is 0. The third-order valence-corrected chi connectivity index (χ3v) is 0.969. The molecule has 0 heterocycles. The van der Waals surface area contributed by atoms with Crippen molar-refractivity contribution in [1.82, 2.24) is 0 Å². The first-order valence-corrected chi connectivity index (χ1v) is 3.49. The SMILES string of the molecule is CCC(=O)O.[Hg].c1ccccc1. The first kappa shape index (κ1) is 14.2. The predicted molar refractivity (Wildman–Crippen MR) is 44.4 cm³/mol. The minimum atomic E-state index is -0.745. The van der Waals surface area contributed by atoms with E-state index in [0.717, 1.165) is 0 Å². The van der Waals surface area contributed by atoms with E-state index < -0.39 is 5.97 Å². The number of hydrogen-bond donors (Lipinski definition) is 1. The van der Waals surface area contributed by atoms with Gasteiger partial charge in [0.05, 0.1) is 0 Å². The van der Waals surface area contributed by atoms with Crippen molar-refractivity contribution < 1.29 is 37.6 Å². The van der Waals surface area contributed by atoms with Gasteiger partial charge in [0.25, 0.3) is 0 Å². The van der Waals surface area contributed by atoms with E-state index >= 15 is 0 Å². The fourth-order valence-corrected chi connectivity index (χ4v) is 0.385. The van der Waals surface area contributed by atoms with Gasteiger partial charge in [-0.1, -0.05) is 43.3 Å². The summed E-state index contributed by atoms with van der Waals surface area (Å²) in [7, 11) is 0. The normalized spacial score (nSPS) is 7.08. The summed E-state index contributed by atoms with van der Waals surface area (Å²) < 4.78 is 0. The number of carboxylic acid groups (broad SMARTS) is 1. The van der Waals surface area contributed by atoms with E-state index in [0.29, 0.717) is 0 Å². The first-order chi connectivity index (χ1) is 5.27.